The molecule has 1 heterocycles. The van der Waals surface area contributed by atoms with Gasteiger partial charge in [0, 0.05) is 18.0 Å². The number of nitrogens with zero attached hydrogens (tertiary/aromatic N) is 2. The van der Waals surface area contributed by atoms with Crippen molar-refractivity contribution in [1.29, 1.82) is 0 Å². The van der Waals surface area contributed by atoms with E-state index in [0.717, 1.165) is 16.9 Å². The summed E-state index contributed by atoms with van der Waals surface area (Å²) in [6.07, 6.45) is 3.37. The average molecular weight is 259 g/mol. The maximum absolute atomic E-state index is 5.67. The van der Waals surface area contributed by atoms with Crippen LogP contribution in [-0.4, -0.2) is 15.0 Å². The molecule has 0 saturated carbocycles. The lowest BCUT2D eigenvalue weighted by atomic mass is 10.1. The predicted octanol–water partition coefficient (Wildman–Crippen LogP) is 2.00. The van der Waals surface area contributed by atoms with Crippen LogP contribution in [0.5, 0.6) is 5.75 Å². The summed E-state index contributed by atoms with van der Waals surface area (Å²) in [6.45, 7) is 2.28. The second-order valence-corrected chi connectivity index (χ2v) is 4.24. The lowest BCUT2D eigenvalue weighted by molar-refractivity contribution is 0.293. The van der Waals surface area contributed by atoms with Crippen molar-refractivity contribution >= 4 is 17.2 Å². The Morgan fingerprint density at radius 3 is 2.72 bits per heavy atom. The van der Waals surface area contributed by atoms with Crippen molar-refractivity contribution in [2.45, 2.75) is 13.5 Å². The molecule has 0 fully saturated rings. The summed E-state index contributed by atoms with van der Waals surface area (Å²) in [5.74, 6) is 1.38. The zero-order valence-corrected chi connectivity index (χ0v) is 10.8. The van der Waals surface area contributed by atoms with E-state index in [-0.39, 0.29) is 0 Å². The number of rotatable bonds is 4. The first kappa shape index (κ1) is 12.4. The van der Waals surface area contributed by atoms with E-state index in [9.17, 15) is 0 Å². The summed E-state index contributed by atoms with van der Waals surface area (Å²) in [7, 11) is 0. The van der Waals surface area contributed by atoms with Gasteiger partial charge in [0.1, 0.15) is 17.3 Å². The van der Waals surface area contributed by atoms with Crippen LogP contribution in [0, 0.1) is 6.92 Å². The predicted molar refractivity (Wildman–Crippen MR) is 73.4 cm³/mol. The van der Waals surface area contributed by atoms with Gasteiger partial charge in [-0.1, -0.05) is 24.4 Å². The van der Waals surface area contributed by atoms with Crippen molar-refractivity contribution in [3.05, 3.63) is 53.6 Å². The normalized spacial score (nSPS) is 10.1. The third kappa shape index (κ3) is 3.01. The molecule has 0 spiro atoms. The molecule has 2 rings (SSSR count). The van der Waals surface area contributed by atoms with Crippen LogP contribution in [-0.2, 0) is 6.61 Å². The number of nitrogens with two attached hydrogens (primary N) is 1. The third-order valence-electron chi connectivity index (χ3n) is 2.45. The van der Waals surface area contributed by atoms with Crippen LogP contribution < -0.4 is 10.5 Å². The van der Waals surface area contributed by atoms with Crippen molar-refractivity contribution < 1.29 is 4.74 Å². The molecular formula is C13H13N3OS. The highest BCUT2D eigenvalue weighted by Crippen LogP contribution is 2.20. The van der Waals surface area contributed by atoms with Crippen molar-refractivity contribution in [2.75, 3.05) is 0 Å². The lowest BCUT2D eigenvalue weighted by Crippen LogP contribution is -2.10. The molecule has 0 aliphatic heterocycles. The van der Waals surface area contributed by atoms with Crippen LogP contribution in [0.25, 0.3) is 0 Å². The summed E-state index contributed by atoms with van der Waals surface area (Å²) in [5.41, 5.74) is 7.40. The molecule has 1 aromatic carbocycles. The van der Waals surface area contributed by atoms with E-state index < -0.39 is 0 Å². The highest BCUT2D eigenvalue weighted by molar-refractivity contribution is 7.80. The van der Waals surface area contributed by atoms with Crippen molar-refractivity contribution in [2.24, 2.45) is 5.73 Å². The van der Waals surface area contributed by atoms with Crippen molar-refractivity contribution in [3.8, 4) is 5.75 Å². The van der Waals surface area contributed by atoms with Crippen molar-refractivity contribution in [3.63, 3.8) is 0 Å². The second kappa shape index (κ2) is 5.55. The molecule has 92 valence electrons. The standard InChI is InChI=1S/C13H13N3OS/c1-9-3-4-10(13(14)18)7-11(9)17-8-12-15-5-2-6-16-12/h2-7H,8H2,1H3,(H2,14,18). The van der Waals surface area contributed by atoms with Gasteiger partial charge in [0.15, 0.2) is 5.82 Å². The van der Waals surface area contributed by atoms with Gasteiger partial charge in [-0.3, -0.25) is 0 Å². The summed E-state index contributed by atoms with van der Waals surface area (Å²) < 4.78 is 5.67. The molecule has 0 aliphatic rings. The van der Waals surface area contributed by atoms with Gasteiger partial charge in [-0.25, -0.2) is 9.97 Å². The van der Waals surface area contributed by atoms with Crippen LogP contribution in [0.15, 0.2) is 36.7 Å². The van der Waals surface area contributed by atoms with Crippen LogP contribution in [0.2, 0.25) is 0 Å². The van der Waals surface area contributed by atoms with Crippen LogP contribution >= 0.6 is 12.2 Å². The minimum atomic E-state index is 0.322. The topological polar surface area (TPSA) is 61.0 Å². The fourth-order valence-electron chi connectivity index (χ4n) is 1.46. The van der Waals surface area contributed by atoms with Gasteiger partial charge in [0.05, 0.1) is 0 Å². The van der Waals surface area contributed by atoms with Crippen LogP contribution in [0.3, 0.4) is 0 Å². The number of hydrogen-bond acceptors (Lipinski definition) is 4. The van der Waals surface area contributed by atoms with Gasteiger partial charge in [-0.15, -0.1) is 0 Å². The Morgan fingerprint density at radius 1 is 1.33 bits per heavy atom. The Labute approximate surface area is 111 Å². The summed E-state index contributed by atoms with van der Waals surface area (Å²) in [6, 6.07) is 7.40. The molecule has 0 bridgehead atoms. The first-order valence-electron chi connectivity index (χ1n) is 5.46. The Hall–Kier alpha value is -2.01. The molecule has 0 amide bonds. The van der Waals surface area contributed by atoms with Gasteiger partial charge < -0.3 is 10.5 Å². The monoisotopic (exact) mass is 259 g/mol. The van der Waals surface area contributed by atoms with Gasteiger partial charge in [-0.05, 0) is 24.6 Å². The largest absolute Gasteiger partial charge is 0.485 e. The van der Waals surface area contributed by atoms with E-state index in [2.05, 4.69) is 9.97 Å². The summed E-state index contributed by atoms with van der Waals surface area (Å²) >= 11 is 4.94. The SMILES string of the molecule is Cc1ccc(C(N)=S)cc1OCc1ncccn1. The van der Waals surface area contributed by atoms with E-state index in [1.807, 2.05) is 25.1 Å². The maximum Gasteiger partial charge on any atom is 0.166 e. The summed E-state index contributed by atoms with van der Waals surface area (Å²) in [4.78, 5) is 8.55. The number of ether oxygens (including phenoxy) is 1. The lowest BCUT2D eigenvalue weighted by Gasteiger charge is -2.09. The molecule has 1 aromatic heterocycles. The number of benzene rings is 1. The number of thiocarbonyl (C=S) groups is 1. The van der Waals surface area contributed by atoms with Gasteiger partial charge in [-0.2, -0.15) is 0 Å². The van der Waals surface area contributed by atoms with E-state index in [1.165, 1.54) is 0 Å². The summed E-state index contributed by atoms with van der Waals surface area (Å²) in [5, 5.41) is 0. The van der Waals surface area contributed by atoms with Crippen LogP contribution in [0.1, 0.15) is 17.0 Å². The highest BCUT2D eigenvalue weighted by Gasteiger charge is 2.04. The quantitative estimate of drug-likeness (QED) is 0.851. The molecule has 0 aliphatic carbocycles. The molecule has 0 unspecified atom stereocenters. The Bertz CT molecular complexity index is 557. The Balaban J connectivity index is 2.14. The maximum atomic E-state index is 5.67. The fourth-order valence-corrected chi connectivity index (χ4v) is 1.58. The molecule has 5 heteroatoms. The van der Waals surface area contributed by atoms with Gasteiger partial charge in [0.2, 0.25) is 0 Å². The van der Waals surface area contributed by atoms with Crippen LogP contribution in [0.4, 0.5) is 0 Å². The molecular weight excluding hydrogens is 246 g/mol. The average Bonchev–Trinajstić information content (AvgIpc) is 2.38. The minimum Gasteiger partial charge on any atom is -0.485 e. The van der Waals surface area contributed by atoms with Gasteiger partial charge >= 0.3 is 0 Å². The first-order chi connectivity index (χ1) is 8.66. The first-order valence-corrected chi connectivity index (χ1v) is 5.87. The number of hydrogen-bond donors (Lipinski definition) is 1. The number of aryl methyl sites for hydroxylation is 1. The smallest absolute Gasteiger partial charge is 0.166 e. The molecule has 18 heavy (non-hydrogen) atoms. The van der Waals surface area contributed by atoms with Crippen molar-refractivity contribution in [1.82, 2.24) is 9.97 Å². The molecule has 0 atom stereocenters. The van der Waals surface area contributed by atoms with E-state index in [4.69, 9.17) is 22.7 Å². The molecule has 0 saturated heterocycles. The van der Waals surface area contributed by atoms with Gasteiger partial charge in [0.25, 0.3) is 0 Å². The molecule has 2 N–H and O–H groups in total. The molecule has 0 radical (unpaired) electrons. The second-order valence-electron chi connectivity index (χ2n) is 3.80. The minimum absolute atomic E-state index is 0.322. The molecule has 4 nitrogen and oxygen atoms in total. The third-order valence-corrected chi connectivity index (χ3v) is 2.68. The Kier molecular flexibility index (Phi) is 3.84. The zero-order valence-electron chi connectivity index (χ0n) is 9.96. The zero-order chi connectivity index (χ0) is 13.0. The van der Waals surface area contributed by atoms with E-state index >= 15 is 0 Å². The fraction of sp³-hybridized carbons (Fsp3) is 0.154. The highest BCUT2D eigenvalue weighted by atomic mass is 32.1. The molecule has 2 aromatic rings. The Morgan fingerprint density at radius 2 is 2.06 bits per heavy atom. The van der Waals surface area contributed by atoms with E-state index in [1.54, 1.807) is 18.5 Å². The van der Waals surface area contributed by atoms with E-state index in [0.29, 0.717) is 17.4 Å². The number of aromatic nitrogens is 2.